The monoisotopic (exact) mass is 386 g/mol. The quantitative estimate of drug-likeness (QED) is 0.722. The van der Waals surface area contributed by atoms with Crippen LogP contribution in [0.2, 0.25) is 0 Å². The van der Waals surface area contributed by atoms with Gasteiger partial charge in [0.05, 0.1) is 5.57 Å². The highest BCUT2D eigenvalue weighted by Gasteiger charge is 2.29. The summed E-state index contributed by atoms with van der Waals surface area (Å²) >= 11 is 0. The average molecular weight is 386 g/mol. The van der Waals surface area contributed by atoms with Gasteiger partial charge in [-0.05, 0) is 45.1 Å². The fourth-order valence-corrected chi connectivity index (χ4v) is 2.87. The Hall–Kier alpha value is -3.16. The third-order valence-electron chi connectivity index (χ3n) is 4.25. The van der Waals surface area contributed by atoms with Gasteiger partial charge in [0, 0.05) is 32.3 Å². The summed E-state index contributed by atoms with van der Waals surface area (Å²) in [4.78, 5) is 51.3. The van der Waals surface area contributed by atoms with Gasteiger partial charge in [-0.25, -0.2) is 4.79 Å². The Kier molecular flexibility index (Phi) is 5.22. The molecular formula is C20H22N2O6. The maximum atomic E-state index is 12.7. The minimum Gasteiger partial charge on any atom is -0.451 e. The second-order valence-electron chi connectivity index (χ2n) is 7.58. The van der Waals surface area contributed by atoms with Crippen LogP contribution in [-0.2, 0) is 14.3 Å². The number of hydrogen-bond donors (Lipinski definition) is 0. The maximum Gasteiger partial charge on any atom is 0.410 e. The topological polar surface area (TPSA) is 97.1 Å². The Morgan fingerprint density at radius 2 is 1.64 bits per heavy atom. The lowest BCUT2D eigenvalue weighted by Crippen LogP contribution is -2.51. The average Bonchev–Trinajstić information content (AvgIpc) is 3.11. The lowest BCUT2D eigenvalue weighted by Gasteiger charge is -2.35. The molecule has 0 saturated carbocycles. The zero-order chi connectivity index (χ0) is 20.5. The SMILES string of the molecule is CC(C)(C)OC(=O)N1CCN(C(=O)c2ccc(C3=CC(=O)C=CC3=O)o2)CC1. The van der Waals surface area contributed by atoms with E-state index in [9.17, 15) is 19.2 Å². The van der Waals surface area contributed by atoms with Gasteiger partial charge < -0.3 is 19.0 Å². The largest absolute Gasteiger partial charge is 0.451 e. The fourth-order valence-electron chi connectivity index (χ4n) is 2.87. The number of carbonyl (C=O) groups excluding carboxylic acids is 4. The van der Waals surface area contributed by atoms with Gasteiger partial charge in [-0.1, -0.05) is 0 Å². The number of furan rings is 1. The van der Waals surface area contributed by atoms with Crippen molar-refractivity contribution < 1.29 is 28.3 Å². The van der Waals surface area contributed by atoms with Crippen molar-refractivity contribution in [3.63, 3.8) is 0 Å². The van der Waals surface area contributed by atoms with Crippen LogP contribution in [0.4, 0.5) is 4.79 Å². The normalized spacial score (nSPS) is 17.6. The van der Waals surface area contributed by atoms with E-state index in [2.05, 4.69) is 0 Å². The molecule has 28 heavy (non-hydrogen) atoms. The Balaban J connectivity index is 1.62. The second kappa shape index (κ2) is 7.46. The van der Waals surface area contributed by atoms with E-state index < -0.39 is 11.7 Å². The smallest absolute Gasteiger partial charge is 0.410 e. The molecule has 2 heterocycles. The van der Waals surface area contributed by atoms with E-state index >= 15 is 0 Å². The summed E-state index contributed by atoms with van der Waals surface area (Å²) in [6.45, 7) is 6.81. The van der Waals surface area contributed by atoms with Gasteiger partial charge in [0.25, 0.3) is 5.91 Å². The van der Waals surface area contributed by atoms with Gasteiger partial charge in [0.1, 0.15) is 11.4 Å². The molecule has 0 spiro atoms. The molecule has 0 bridgehead atoms. The molecule has 1 aromatic heterocycles. The minimum absolute atomic E-state index is 0.0800. The van der Waals surface area contributed by atoms with Crippen molar-refractivity contribution in [3.05, 3.63) is 41.9 Å². The first-order valence-corrected chi connectivity index (χ1v) is 8.99. The summed E-state index contributed by atoms with van der Waals surface area (Å²) in [5.74, 6) is -0.730. The van der Waals surface area contributed by atoms with Crippen molar-refractivity contribution in [2.24, 2.45) is 0 Å². The third-order valence-corrected chi connectivity index (χ3v) is 4.25. The van der Waals surface area contributed by atoms with Crippen LogP contribution in [0, 0.1) is 0 Å². The number of carbonyl (C=O) groups is 4. The van der Waals surface area contributed by atoms with E-state index in [1.807, 2.05) is 0 Å². The molecule has 0 atom stereocenters. The van der Waals surface area contributed by atoms with E-state index in [-0.39, 0.29) is 34.6 Å². The van der Waals surface area contributed by atoms with Gasteiger partial charge in [-0.2, -0.15) is 0 Å². The molecule has 0 N–H and O–H groups in total. The number of rotatable bonds is 2. The number of ether oxygens (including phenoxy) is 1. The first-order chi connectivity index (χ1) is 13.1. The summed E-state index contributed by atoms with van der Waals surface area (Å²) in [5, 5.41) is 0. The van der Waals surface area contributed by atoms with Crippen molar-refractivity contribution in [1.29, 1.82) is 0 Å². The summed E-state index contributed by atoms with van der Waals surface area (Å²) < 4.78 is 10.9. The molecule has 1 aliphatic heterocycles. The summed E-state index contributed by atoms with van der Waals surface area (Å²) in [7, 11) is 0. The predicted molar refractivity (Wildman–Crippen MR) is 99.5 cm³/mol. The summed E-state index contributed by atoms with van der Waals surface area (Å²) in [6, 6.07) is 2.98. The van der Waals surface area contributed by atoms with Crippen LogP contribution in [0.3, 0.4) is 0 Å². The van der Waals surface area contributed by atoms with E-state index in [1.165, 1.54) is 30.4 Å². The van der Waals surface area contributed by atoms with Crippen molar-refractivity contribution in [1.82, 2.24) is 9.80 Å². The van der Waals surface area contributed by atoms with Gasteiger partial charge in [-0.15, -0.1) is 0 Å². The highest BCUT2D eigenvalue weighted by molar-refractivity contribution is 6.33. The van der Waals surface area contributed by atoms with Crippen LogP contribution < -0.4 is 0 Å². The molecule has 1 fully saturated rings. The second-order valence-corrected chi connectivity index (χ2v) is 7.58. The van der Waals surface area contributed by atoms with Crippen molar-refractivity contribution in [2.45, 2.75) is 26.4 Å². The van der Waals surface area contributed by atoms with Crippen LogP contribution in [0.15, 0.2) is 34.8 Å². The molecule has 0 radical (unpaired) electrons. The first kappa shape index (κ1) is 19.6. The lowest BCUT2D eigenvalue weighted by molar-refractivity contribution is -0.113. The minimum atomic E-state index is -0.573. The van der Waals surface area contributed by atoms with Gasteiger partial charge in [0.2, 0.25) is 0 Å². The number of piperazine rings is 1. The highest BCUT2D eigenvalue weighted by Crippen LogP contribution is 2.23. The molecule has 1 aromatic rings. The number of hydrogen-bond acceptors (Lipinski definition) is 6. The Bertz CT molecular complexity index is 879. The Morgan fingerprint density at radius 3 is 2.29 bits per heavy atom. The molecule has 0 aromatic carbocycles. The molecule has 2 amide bonds. The molecule has 1 aliphatic carbocycles. The lowest BCUT2D eigenvalue weighted by atomic mass is 10.0. The van der Waals surface area contributed by atoms with E-state index in [0.29, 0.717) is 26.2 Å². The van der Waals surface area contributed by atoms with Gasteiger partial charge >= 0.3 is 6.09 Å². The van der Waals surface area contributed by atoms with Gasteiger partial charge in [0.15, 0.2) is 17.3 Å². The fraction of sp³-hybridized carbons (Fsp3) is 0.400. The predicted octanol–water partition coefficient (Wildman–Crippen LogP) is 2.06. The van der Waals surface area contributed by atoms with E-state index in [0.717, 1.165) is 0 Å². The maximum absolute atomic E-state index is 12.7. The molecule has 2 aliphatic rings. The summed E-state index contributed by atoms with van der Waals surface area (Å²) in [5.41, 5.74) is -0.447. The molecule has 8 nitrogen and oxygen atoms in total. The first-order valence-electron chi connectivity index (χ1n) is 8.99. The Morgan fingerprint density at radius 1 is 1.00 bits per heavy atom. The number of ketones is 2. The number of amides is 2. The Labute approximate surface area is 162 Å². The zero-order valence-corrected chi connectivity index (χ0v) is 16.1. The van der Waals surface area contributed by atoms with Crippen LogP contribution in [0.1, 0.15) is 37.1 Å². The molecular weight excluding hydrogens is 364 g/mol. The zero-order valence-electron chi connectivity index (χ0n) is 16.1. The van der Waals surface area contributed by atoms with Crippen molar-refractivity contribution in [3.8, 4) is 0 Å². The van der Waals surface area contributed by atoms with Crippen molar-refractivity contribution >= 4 is 29.1 Å². The van der Waals surface area contributed by atoms with E-state index in [1.54, 1.807) is 30.6 Å². The molecule has 148 valence electrons. The van der Waals surface area contributed by atoms with Crippen LogP contribution in [-0.4, -0.2) is 65.1 Å². The van der Waals surface area contributed by atoms with E-state index in [4.69, 9.17) is 9.15 Å². The molecule has 8 heteroatoms. The molecule has 1 saturated heterocycles. The van der Waals surface area contributed by atoms with Crippen molar-refractivity contribution in [2.75, 3.05) is 26.2 Å². The summed E-state index contributed by atoms with van der Waals surface area (Å²) in [6.07, 6.45) is 3.15. The molecule has 0 unspecified atom stereocenters. The standard InChI is InChI=1S/C20H22N2O6/c1-20(2,3)28-19(26)22-10-8-21(9-11-22)18(25)17-7-6-16(27-17)14-12-13(23)4-5-15(14)24/h4-7,12H,8-11H2,1-3H3. The third kappa shape index (κ3) is 4.39. The van der Waals surface area contributed by atoms with Crippen LogP contribution in [0.25, 0.3) is 5.57 Å². The van der Waals surface area contributed by atoms with Crippen LogP contribution in [0.5, 0.6) is 0 Å². The molecule has 3 rings (SSSR count). The van der Waals surface area contributed by atoms with Gasteiger partial charge in [-0.3, -0.25) is 14.4 Å². The van der Waals surface area contributed by atoms with Crippen LogP contribution >= 0.6 is 0 Å². The highest BCUT2D eigenvalue weighted by atomic mass is 16.6. The number of allylic oxidation sites excluding steroid dienone is 4. The number of nitrogens with zero attached hydrogens (tertiary/aromatic N) is 2.